The van der Waals surface area contributed by atoms with Crippen LogP contribution in [0.1, 0.15) is 40.0 Å². The molecular weight excluding hydrogens is 252 g/mol. The van der Waals surface area contributed by atoms with Crippen LogP contribution in [-0.2, 0) is 4.74 Å². The summed E-state index contributed by atoms with van der Waals surface area (Å²) in [7, 11) is 0. The first-order valence-electron chi connectivity index (χ1n) is 6.75. The molecule has 2 rings (SSSR count). The van der Waals surface area contributed by atoms with Crippen LogP contribution in [0.15, 0.2) is 12.2 Å². The Balaban J connectivity index is 2.02. The van der Waals surface area contributed by atoms with Crippen molar-refractivity contribution in [3.63, 3.8) is 0 Å². The number of allylic oxidation sites excluding steroid dienone is 2. The van der Waals surface area contributed by atoms with E-state index in [9.17, 15) is 13.6 Å². The number of alkyl carbamates (subject to hydrolysis) is 1. The normalized spacial score (nSPS) is 29.9. The summed E-state index contributed by atoms with van der Waals surface area (Å²) in [6.45, 7) is 5.14. The second kappa shape index (κ2) is 4.76. The molecule has 1 unspecified atom stereocenters. The highest BCUT2D eigenvalue weighted by Gasteiger charge is 2.50. The molecular formula is C14H21F2NO2. The fourth-order valence-electron chi connectivity index (χ4n) is 2.62. The lowest BCUT2D eigenvalue weighted by atomic mass is 9.78. The van der Waals surface area contributed by atoms with Gasteiger partial charge in [-0.25, -0.2) is 13.6 Å². The Morgan fingerprint density at radius 3 is 2.53 bits per heavy atom. The minimum atomic E-state index is -2.86. The van der Waals surface area contributed by atoms with Gasteiger partial charge in [0.05, 0.1) is 6.04 Å². The number of carbonyl (C=O) groups is 1. The zero-order chi connectivity index (χ0) is 14.3. The van der Waals surface area contributed by atoms with E-state index in [0.29, 0.717) is 12.8 Å². The smallest absolute Gasteiger partial charge is 0.408 e. The molecule has 1 saturated carbocycles. The van der Waals surface area contributed by atoms with E-state index in [1.54, 1.807) is 20.8 Å². The Labute approximate surface area is 112 Å². The molecule has 5 heteroatoms. The molecule has 0 aliphatic heterocycles. The average Bonchev–Trinajstić information content (AvgIpc) is 3.01. The van der Waals surface area contributed by atoms with Gasteiger partial charge in [-0.2, -0.15) is 0 Å². The molecule has 1 N–H and O–H groups in total. The summed E-state index contributed by atoms with van der Waals surface area (Å²) in [5, 5.41) is 2.39. The zero-order valence-corrected chi connectivity index (χ0v) is 11.6. The molecule has 1 amide bonds. The van der Waals surface area contributed by atoms with E-state index in [1.165, 1.54) is 0 Å². The van der Waals surface area contributed by atoms with Crippen LogP contribution in [0.25, 0.3) is 0 Å². The number of alkyl halides is 2. The molecule has 0 aromatic heterocycles. The van der Waals surface area contributed by atoms with E-state index in [-0.39, 0.29) is 18.3 Å². The number of amides is 1. The van der Waals surface area contributed by atoms with Crippen molar-refractivity contribution in [3.05, 3.63) is 12.2 Å². The minimum Gasteiger partial charge on any atom is -0.444 e. The molecule has 1 fully saturated rings. The van der Waals surface area contributed by atoms with E-state index < -0.39 is 23.7 Å². The third-order valence-electron chi connectivity index (χ3n) is 3.51. The highest BCUT2D eigenvalue weighted by Crippen LogP contribution is 2.44. The molecule has 0 aromatic rings. The number of rotatable bonds is 2. The molecule has 3 nitrogen and oxygen atoms in total. The zero-order valence-electron chi connectivity index (χ0n) is 11.6. The number of carbonyl (C=O) groups excluding carboxylic acids is 1. The van der Waals surface area contributed by atoms with Crippen LogP contribution < -0.4 is 5.32 Å². The summed E-state index contributed by atoms with van der Waals surface area (Å²) in [6, 6.07) is -1.13. The summed E-state index contributed by atoms with van der Waals surface area (Å²) in [5.41, 5.74) is -0.679. The Morgan fingerprint density at radius 2 is 2.00 bits per heavy atom. The molecule has 2 aliphatic rings. The summed E-state index contributed by atoms with van der Waals surface area (Å²) in [4.78, 5) is 11.7. The van der Waals surface area contributed by atoms with Crippen molar-refractivity contribution in [2.75, 3.05) is 0 Å². The predicted octanol–water partition coefficient (Wildman–Crippen LogP) is 3.50. The van der Waals surface area contributed by atoms with Crippen molar-refractivity contribution in [2.24, 2.45) is 11.8 Å². The third-order valence-corrected chi connectivity index (χ3v) is 3.51. The molecule has 108 valence electrons. The Morgan fingerprint density at radius 1 is 1.37 bits per heavy atom. The number of ether oxygens (including phenoxy) is 1. The second-order valence-electron chi connectivity index (χ2n) is 6.40. The van der Waals surface area contributed by atoms with Crippen LogP contribution >= 0.6 is 0 Å². The van der Waals surface area contributed by atoms with Crippen LogP contribution in [0.5, 0.6) is 0 Å². The maximum atomic E-state index is 14.0. The van der Waals surface area contributed by atoms with Gasteiger partial charge in [0, 0.05) is 6.42 Å². The first-order valence-corrected chi connectivity index (χ1v) is 6.75. The van der Waals surface area contributed by atoms with Gasteiger partial charge in [0.25, 0.3) is 5.92 Å². The summed E-state index contributed by atoms with van der Waals surface area (Å²) < 4.78 is 33.1. The van der Waals surface area contributed by atoms with Crippen LogP contribution in [0.3, 0.4) is 0 Å². The highest BCUT2D eigenvalue weighted by atomic mass is 19.3. The third kappa shape index (κ3) is 3.67. The second-order valence-corrected chi connectivity index (χ2v) is 6.40. The van der Waals surface area contributed by atoms with Gasteiger partial charge in [0.15, 0.2) is 0 Å². The number of hydrogen-bond donors (Lipinski definition) is 1. The summed E-state index contributed by atoms with van der Waals surface area (Å²) in [5.74, 6) is -2.97. The molecule has 0 bridgehead atoms. The molecule has 19 heavy (non-hydrogen) atoms. The largest absolute Gasteiger partial charge is 0.444 e. The standard InChI is InChI=1S/C14H21F2NO2/c1-13(2,3)19-12(18)17-11-10(9-6-7-9)5-4-8-14(11,15)16/h6-7,9-11H,4-5,8H2,1-3H3,(H,17,18)/t10?,11-/m1/s1. The quantitative estimate of drug-likeness (QED) is 0.782. The molecule has 0 radical (unpaired) electrons. The van der Waals surface area contributed by atoms with Gasteiger partial charge in [0.1, 0.15) is 5.60 Å². The maximum absolute atomic E-state index is 14.0. The molecule has 0 heterocycles. The Kier molecular flexibility index (Phi) is 3.58. The van der Waals surface area contributed by atoms with Crippen molar-refractivity contribution >= 4 is 6.09 Å². The molecule has 0 saturated heterocycles. The van der Waals surface area contributed by atoms with Crippen LogP contribution in [0.2, 0.25) is 0 Å². The lowest BCUT2D eigenvalue weighted by molar-refractivity contribution is -0.0876. The molecule has 2 aliphatic carbocycles. The maximum Gasteiger partial charge on any atom is 0.408 e. The van der Waals surface area contributed by atoms with E-state index in [1.807, 2.05) is 12.2 Å². The number of halogens is 2. The topological polar surface area (TPSA) is 38.3 Å². The first-order chi connectivity index (χ1) is 8.69. The fourth-order valence-corrected chi connectivity index (χ4v) is 2.62. The van der Waals surface area contributed by atoms with Crippen molar-refractivity contribution in [1.82, 2.24) is 5.32 Å². The first kappa shape index (κ1) is 14.3. The number of hydrogen-bond acceptors (Lipinski definition) is 2. The molecule has 0 spiro atoms. The van der Waals surface area contributed by atoms with Gasteiger partial charge in [-0.3, -0.25) is 0 Å². The van der Waals surface area contributed by atoms with Crippen molar-refractivity contribution < 1.29 is 18.3 Å². The average molecular weight is 273 g/mol. The van der Waals surface area contributed by atoms with Crippen molar-refractivity contribution in [2.45, 2.75) is 57.6 Å². The van der Waals surface area contributed by atoms with Crippen LogP contribution in [0, 0.1) is 11.8 Å². The van der Waals surface area contributed by atoms with E-state index in [2.05, 4.69) is 5.32 Å². The lowest BCUT2D eigenvalue weighted by Gasteiger charge is -2.38. The fraction of sp³-hybridized carbons (Fsp3) is 0.786. The van der Waals surface area contributed by atoms with Gasteiger partial charge < -0.3 is 10.1 Å². The minimum absolute atomic E-state index is 0.103. The van der Waals surface area contributed by atoms with Crippen LogP contribution in [0.4, 0.5) is 13.6 Å². The predicted molar refractivity (Wildman–Crippen MR) is 68.1 cm³/mol. The SMILES string of the molecule is CC(C)(C)OC(=O)N[C@@H]1C(C2C=C2)CCCC1(F)F. The van der Waals surface area contributed by atoms with Gasteiger partial charge in [-0.05, 0) is 45.4 Å². The summed E-state index contributed by atoms with van der Waals surface area (Å²) in [6.07, 6.45) is 4.11. The van der Waals surface area contributed by atoms with E-state index in [4.69, 9.17) is 4.74 Å². The van der Waals surface area contributed by atoms with Gasteiger partial charge in [-0.15, -0.1) is 0 Å². The lowest BCUT2D eigenvalue weighted by Crippen LogP contribution is -2.55. The molecule has 2 atom stereocenters. The van der Waals surface area contributed by atoms with Gasteiger partial charge in [-0.1, -0.05) is 12.2 Å². The highest BCUT2D eigenvalue weighted by molar-refractivity contribution is 5.68. The van der Waals surface area contributed by atoms with Gasteiger partial charge >= 0.3 is 6.09 Å². The molecule has 0 aromatic carbocycles. The van der Waals surface area contributed by atoms with Crippen molar-refractivity contribution in [1.29, 1.82) is 0 Å². The van der Waals surface area contributed by atoms with Gasteiger partial charge in [0.2, 0.25) is 0 Å². The summed E-state index contributed by atoms with van der Waals surface area (Å²) >= 11 is 0. The Hall–Kier alpha value is -1.13. The van der Waals surface area contributed by atoms with E-state index in [0.717, 1.165) is 0 Å². The Bertz CT molecular complexity index is 381. The van der Waals surface area contributed by atoms with Crippen LogP contribution in [-0.4, -0.2) is 23.7 Å². The number of nitrogens with one attached hydrogen (secondary N) is 1. The monoisotopic (exact) mass is 273 g/mol. The van der Waals surface area contributed by atoms with E-state index >= 15 is 0 Å². The van der Waals surface area contributed by atoms with Crippen molar-refractivity contribution in [3.8, 4) is 0 Å².